The zero-order chi connectivity index (χ0) is 21.4. The number of anilines is 1. The topological polar surface area (TPSA) is 128 Å². The van der Waals surface area contributed by atoms with Crippen LogP contribution in [0.5, 0.6) is 0 Å². The van der Waals surface area contributed by atoms with Crippen LogP contribution in [0.1, 0.15) is 38.5 Å². The van der Waals surface area contributed by atoms with Gasteiger partial charge < -0.3 is 19.1 Å². The van der Waals surface area contributed by atoms with Crippen molar-refractivity contribution in [2.45, 2.75) is 39.4 Å². The van der Waals surface area contributed by atoms with Crippen LogP contribution in [-0.2, 0) is 25.7 Å². The third-order valence-electron chi connectivity index (χ3n) is 3.35. The van der Waals surface area contributed by atoms with Crippen LogP contribution in [0, 0.1) is 0 Å². The summed E-state index contributed by atoms with van der Waals surface area (Å²) < 4.78 is 15.1. The Hall–Kier alpha value is -3.62. The number of benzene rings is 1. The van der Waals surface area contributed by atoms with Gasteiger partial charge >= 0.3 is 18.0 Å². The fraction of sp³-hybridized carbons (Fsp3) is 0.300. The molecule has 1 aromatic carbocycles. The monoisotopic (exact) mass is 402 g/mol. The summed E-state index contributed by atoms with van der Waals surface area (Å²) in [4.78, 5) is 35.1. The minimum Gasteiger partial charge on any atom is -0.478 e. The van der Waals surface area contributed by atoms with Gasteiger partial charge in [0.15, 0.2) is 11.6 Å². The molecule has 9 nitrogen and oxygen atoms in total. The Labute approximate surface area is 167 Å². The van der Waals surface area contributed by atoms with Crippen molar-refractivity contribution >= 4 is 29.4 Å². The van der Waals surface area contributed by atoms with E-state index in [0.29, 0.717) is 0 Å². The largest absolute Gasteiger partial charge is 0.478 e. The highest BCUT2D eigenvalue weighted by Crippen LogP contribution is 2.20. The molecule has 0 aliphatic heterocycles. The predicted octanol–water partition coefficient (Wildman–Crippen LogP) is 3.62. The van der Waals surface area contributed by atoms with E-state index in [2.05, 4.69) is 10.5 Å². The summed E-state index contributed by atoms with van der Waals surface area (Å²) in [5.74, 6) is -2.06. The Bertz CT molecular complexity index is 895. The molecule has 9 heteroatoms. The number of hydrogen-bond acceptors (Lipinski definition) is 7. The van der Waals surface area contributed by atoms with Gasteiger partial charge in [0.1, 0.15) is 17.8 Å². The van der Waals surface area contributed by atoms with Gasteiger partial charge in [-0.25, -0.2) is 9.59 Å². The molecule has 0 radical (unpaired) electrons. The normalized spacial score (nSPS) is 11.6. The molecule has 0 saturated heterocycles. The van der Waals surface area contributed by atoms with E-state index in [1.54, 1.807) is 32.9 Å². The molecule has 2 rings (SSSR count). The zero-order valence-corrected chi connectivity index (χ0v) is 16.3. The van der Waals surface area contributed by atoms with Crippen LogP contribution >= 0.6 is 0 Å². The number of carbonyl (C=O) groups is 3. The number of aromatic nitrogens is 1. The van der Waals surface area contributed by atoms with Gasteiger partial charge in [0.05, 0.1) is 6.42 Å². The van der Waals surface area contributed by atoms with Crippen molar-refractivity contribution in [1.29, 1.82) is 0 Å². The van der Waals surface area contributed by atoms with Gasteiger partial charge in [0.2, 0.25) is 0 Å². The number of carboxylic acid groups (broad SMARTS) is 1. The minimum atomic E-state index is -1.32. The van der Waals surface area contributed by atoms with Gasteiger partial charge in [-0.2, -0.15) is 0 Å². The van der Waals surface area contributed by atoms with E-state index < -0.39 is 23.6 Å². The molecule has 2 N–H and O–H groups in total. The average molecular weight is 402 g/mol. The maximum absolute atomic E-state index is 11.9. The van der Waals surface area contributed by atoms with Crippen molar-refractivity contribution < 1.29 is 33.5 Å². The number of nitrogens with zero attached hydrogens (tertiary/aromatic N) is 1. The number of rotatable bonds is 7. The molecule has 1 heterocycles. The predicted molar refractivity (Wildman–Crippen MR) is 103 cm³/mol. The summed E-state index contributed by atoms with van der Waals surface area (Å²) in [7, 11) is 0. The number of amides is 1. The Morgan fingerprint density at radius 3 is 2.52 bits per heavy atom. The first-order chi connectivity index (χ1) is 13.6. The van der Waals surface area contributed by atoms with Crippen LogP contribution in [0.4, 0.5) is 10.6 Å². The standard InChI is InChI=1S/C20H22N2O7/c1-20(2,3)28-19(26)21-16-11-15(29-22-16)14(18(24)25)9-10-17(23)27-12-13-7-5-4-6-8-13/h4-9,11H,10,12H2,1-3H3,(H,24,25)(H,21,22,26). The summed E-state index contributed by atoms with van der Waals surface area (Å²) in [6, 6.07) is 10.3. The summed E-state index contributed by atoms with van der Waals surface area (Å²) in [5.41, 5.74) is -0.175. The Balaban J connectivity index is 1.98. The minimum absolute atomic E-state index is 0.0203. The van der Waals surface area contributed by atoms with E-state index in [1.165, 1.54) is 6.07 Å². The highest BCUT2D eigenvalue weighted by Gasteiger charge is 2.20. The lowest BCUT2D eigenvalue weighted by atomic mass is 10.1. The second kappa shape index (κ2) is 9.54. The molecule has 154 valence electrons. The van der Waals surface area contributed by atoms with Gasteiger partial charge in [-0.15, -0.1) is 0 Å². The molecule has 0 atom stereocenters. The SMILES string of the molecule is CC(C)(C)OC(=O)Nc1cc(C(=CCC(=O)OCc2ccccc2)C(=O)O)on1. The quantitative estimate of drug-likeness (QED) is 0.531. The smallest absolute Gasteiger partial charge is 0.413 e. The second-order valence-electron chi connectivity index (χ2n) is 6.98. The van der Waals surface area contributed by atoms with E-state index in [4.69, 9.17) is 14.0 Å². The van der Waals surface area contributed by atoms with Gasteiger partial charge in [0, 0.05) is 6.07 Å². The molecule has 1 amide bonds. The fourth-order valence-corrected chi connectivity index (χ4v) is 2.14. The van der Waals surface area contributed by atoms with E-state index in [9.17, 15) is 19.5 Å². The maximum Gasteiger partial charge on any atom is 0.413 e. The number of carbonyl (C=O) groups excluding carboxylic acids is 2. The van der Waals surface area contributed by atoms with Crippen LogP contribution in [0.3, 0.4) is 0 Å². The van der Waals surface area contributed by atoms with Crippen LogP contribution in [-0.4, -0.2) is 33.9 Å². The number of ether oxygens (including phenoxy) is 2. The molecule has 0 spiro atoms. The van der Waals surface area contributed by atoms with Gasteiger partial charge in [-0.05, 0) is 26.3 Å². The van der Waals surface area contributed by atoms with E-state index in [-0.39, 0.29) is 30.2 Å². The molecule has 0 saturated carbocycles. The first-order valence-electron chi connectivity index (χ1n) is 8.74. The average Bonchev–Trinajstić information content (AvgIpc) is 3.07. The molecule has 0 aliphatic rings. The molecular formula is C20H22N2O7. The lowest BCUT2D eigenvalue weighted by Crippen LogP contribution is -2.27. The van der Waals surface area contributed by atoms with Crippen molar-refractivity contribution in [2.75, 3.05) is 5.32 Å². The Kier molecular flexibility index (Phi) is 7.13. The molecular weight excluding hydrogens is 380 g/mol. The van der Waals surface area contributed by atoms with Crippen molar-refractivity contribution in [2.24, 2.45) is 0 Å². The number of nitrogens with one attached hydrogen (secondary N) is 1. The van der Waals surface area contributed by atoms with Crippen LogP contribution in [0.2, 0.25) is 0 Å². The van der Waals surface area contributed by atoms with Crippen LogP contribution in [0.25, 0.3) is 5.57 Å². The van der Waals surface area contributed by atoms with E-state index >= 15 is 0 Å². The summed E-state index contributed by atoms with van der Waals surface area (Å²) in [5, 5.41) is 15.3. The molecule has 29 heavy (non-hydrogen) atoms. The van der Waals surface area contributed by atoms with E-state index in [0.717, 1.165) is 11.6 Å². The summed E-state index contributed by atoms with van der Waals surface area (Å²) in [6.45, 7) is 5.18. The second-order valence-corrected chi connectivity index (χ2v) is 6.98. The first-order valence-corrected chi connectivity index (χ1v) is 8.74. The van der Waals surface area contributed by atoms with Gasteiger partial charge in [-0.3, -0.25) is 10.1 Å². The van der Waals surface area contributed by atoms with Crippen LogP contribution < -0.4 is 5.32 Å². The van der Waals surface area contributed by atoms with Gasteiger partial charge in [-0.1, -0.05) is 41.6 Å². The molecule has 0 fully saturated rings. The van der Waals surface area contributed by atoms with Crippen molar-refractivity contribution in [1.82, 2.24) is 5.16 Å². The number of aliphatic carboxylic acids is 1. The third-order valence-corrected chi connectivity index (χ3v) is 3.35. The van der Waals surface area contributed by atoms with Gasteiger partial charge in [0.25, 0.3) is 0 Å². The molecule has 1 aromatic heterocycles. The third kappa shape index (κ3) is 7.49. The zero-order valence-electron chi connectivity index (χ0n) is 16.3. The van der Waals surface area contributed by atoms with Crippen LogP contribution in [0.15, 0.2) is 47.0 Å². The van der Waals surface area contributed by atoms with Crippen molar-refractivity contribution in [3.63, 3.8) is 0 Å². The molecule has 0 unspecified atom stereocenters. The number of esters is 1. The highest BCUT2D eigenvalue weighted by molar-refractivity contribution is 6.15. The molecule has 0 bridgehead atoms. The first kappa shape index (κ1) is 21.7. The molecule has 0 aliphatic carbocycles. The highest BCUT2D eigenvalue weighted by atomic mass is 16.6. The lowest BCUT2D eigenvalue weighted by Gasteiger charge is -2.18. The van der Waals surface area contributed by atoms with E-state index in [1.807, 2.05) is 18.2 Å². The maximum atomic E-state index is 11.9. The van der Waals surface area contributed by atoms with Crippen molar-refractivity contribution in [3.8, 4) is 0 Å². The summed E-state index contributed by atoms with van der Waals surface area (Å²) >= 11 is 0. The summed E-state index contributed by atoms with van der Waals surface area (Å²) in [6.07, 6.45) is 0.125. The Morgan fingerprint density at radius 1 is 1.21 bits per heavy atom. The lowest BCUT2D eigenvalue weighted by molar-refractivity contribution is -0.143. The number of carboxylic acids is 1. The molecule has 2 aromatic rings. The fourth-order valence-electron chi connectivity index (χ4n) is 2.14. The van der Waals surface area contributed by atoms with Crippen molar-refractivity contribution in [3.05, 3.63) is 53.8 Å². The number of hydrogen-bond donors (Lipinski definition) is 2. The Morgan fingerprint density at radius 2 is 1.90 bits per heavy atom.